The lowest BCUT2D eigenvalue weighted by Crippen LogP contribution is -2.43. The molecule has 1 amide bonds. The van der Waals surface area contributed by atoms with Crippen molar-refractivity contribution in [2.24, 2.45) is 4.99 Å². The summed E-state index contributed by atoms with van der Waals surface area (Å²) in [5.74, 6) is 1.72. The Morgan fingerprint density at radius 1 is 1.02 bits per heavy atom. The van der Waals surface area contributed by atoms with Gasteiger partial charge in [0.25, 0.3) is 0 Å². The highest BCUT2D eigenvalue weighted by atomic mass is 32.1. The first-order valence-corrected chi connectivity index (χ1v) is 17.1. The van der Waals surface area contributed by atoms with Crippen LogP contribution in [0.4, 0.5) is 4.79 Å². The van der Waals surface area contributed by atoms with Crippen molar-refractivity contribution in [3.8, 4) is 5.00 Å². The number of piperidine rings is 1. The number of hydrogen-bond donors (Lipinski definition) is 0. The number of carbonyl (C=O) groups excluding carboxylic acids is 1. The molecule has 46 heavy (non-hydrogen) atoms. The standard InChI is InChI=1S/C36H44N6O3S/c1-23-24(2)46-34-31(23)32(38-30(22-28-11-7-8-18-37-28)33-40-39-25(3)42(33)34)27-14-12-26(13-15-27)10-9-21-44-29-16-19-41(20-17-29)35(43)45-36(4,5)6/h7-8,11-15,18,29-30H,9-10,16-17,19-22H2,1-6H3. The van der Waals surface area contributed by atoms with Crippen LogP contribution < -0.4 is 0 Å². The summed E-state index contributed by atoms with van der Waals surface area (Å²) in [6.45, 7) is 14.1. The molecule has 1 fully saturated rings. The maximum absolute atomic E-state index is 12.3. The van der Waals surface area contributed by atoms with Crippen LogP contribution >= 0.6 is 11.3 Å². The van der Waals surface area contributed by atoms with Crippen LogP contribution in [0.2, 0.25) is 0 Å². The summed E-state index contributed by atoms with van der Waals surface area (Å²) in [5, 5.41) is 10.2. The van der Waals surface area contributed by atoms with Gasteiger partial charge in [-0.1, -0.05) is 30.3 Å². The van der Waals surface area contributed by atoms with Crippen LogP contribution in [-0.4, -0.2) is 67.9 Å². The summed E-state index contributed by atoms with van der Waals surface area (Å²) in [6.07, 6.45) is 6.00. The summed E-state index contributed by atoms with van der Waals surface area (Å²) >= 11 is 1.78. The second-order valence-electron chi connectivity index (χ2n) is 13.3. The topological polar surface area (TPSA) is 94.7 Å². The fraction of sp³-hybridized carbons (Fsp3) is 0.472. The molecule has 1 unspecified atom stereocenters. The zero-order chi connectivity index (χ0) is 32.4. The number of pyridine rings is 1. The van der Waals surface area contributed by atoms with Crippen molar-refractivity contribution in [2.75, 3.05) is 19.7 Å². The quantitative estimate of drug-likeness (QED) is 0.190. The molecule has 2 aliphatic heterocycles. The molecule has 1 aromatic carbocycles. The fourth-order valence-electron chi connectivity index (χ4n) is 6.13. The van der Waals surface area contributed by atoms with E-state index in [1.54, 1.807) is 16.2 Å². The van der Waals surface area contributed by atoms with Gasteiger partial charge < -0.3 is 14.4 Å². The average Bonchev–Trinajstić information content (AvgIpc) is 3.51. The number of hydrogen-bond acceptors (Lipinski definition) is 8. The summed E-state index contributed by atoms with van der Waals surface area (Å²) in [4.78, 5) is 25.4. The van der Waals surface area contributed by atoms with Crippen LogP contribution in [0.15, 0.2) is 53.7 Å². The Morgan fingerprint density at radius 2 is 1.78 bits per heavy atom. The van der Waals surface area contributed by atoms with E-state index in [0.29, 0.717) is 26.1 Å². The molecule has 4 aromatic rings. The molecule has 10 heteroatoms. The number of aliphatic imine (C=N–C) groups is 1. The van der Waals surface area contributed by atoms with Crippen molar-refractivity contribution in [2.45, 2.75) is 91.4 Å². The first-order valence-electron chi connectivity index (χ1n) is 16.3. The number of nitrogens with zero attached hydrogens (tertiary/aromatic N) is 6. The predicted molar refractivity (Wildman–Crippen MR) is 181 cm³/mol. The van der Waals surface area contributed by atoms with E-state index >= 15 is 0 Å². The number of likely N-dealkylation sites (tertiary alicyclic amines) is 1. The fourth-order valence-corrected chi connectivity index (χ4v) is 7.34. The van der Waals surface area contributed by atoms with Crippen LogP contribution in [-0.2, 0) is 22.3 Å². The van der Waals surface area contributed by atoms with Gasteiger partial charge in [0.15, 0.2) is 5.82 Å². The second kappa shape index (κ2) is 13.5. The number of carbonyl (C=O) groups is 1. The number of thiophene rings is 1. The molecule has 0 aliphatic carbocycles. The Bertz CT molecular complexity index is 1700. The van der Waals surface area contributed by atoms with E-state index in [-0.39, 0.29) is 18.2 Å². The van der Waals surface area contributed by atoms with Crippen LogP contribution in [0.25, 0.3) is 5.00 Å². The minimum Gasteiger partial charge on any atom is -0.444 e. The van der Waals surface area contributed by atoms with Crippen LogP contribution in [0.1, 0.15) is 90.5 Å². The van der Waals surface area contributed by atoms with E-state index in [2.05, 4.69) is 57.9 Å². The van der Waals surface area contributed by atoms with Gasteiger partial charge in [0.2, 0.25) is 0 Å². The molecular weight excluding hydrogens is 597 g/mol. The van der Waals surface area contributed by atoms with E-state index in [9.17, 15) is 4.79 Å². The van der Waals surface area contributed by atoms with Crippen LogP contribution in [0, 0.1) is 20.8 Å². The number of rotatable bonds is 8. The molecular formula is C36H44N6O3S. The molecule has 5 heterocycles. The molecule has 1 saturated heterocycles. The molecule has 0 radical (unpaired) electrons. The highest BCUT2D eigenvalue weighted by Gasteiger charge is 2.32. The smallest absolute Gasteiger partial charge is 0.410 e. The lowest BCUT2D eigenvalue weighted by molar-refractivity contribution is -0.0117. The lowest BCUT2D eigenvalue weighted by Gasteiger charge is -2.33. The van der Waals surface area contributed by atoms with Gasteiger partial charge in [-0.2, -0.15) is 0 Å². The molecule has 0 spiro atoms. The number of aryl methyl sites for hydroxylation is 3. The molecule has 0 N–H and O–H groups in total. The van der Waals surface area contributed by atoms with Gasteiger partial charge in [-0.05, 0) is 90.5 Å². The second-order valence-corrected chi connectivity index (χ2v) is 14.5. The molecule has 0 saturated carbocycles. The minimum absolute atomic E-state index is 0.188. The lowest BCUT2D eigenvalue weighted by atomic mass is 9.97. The Balaban J connectivity index is 1.12. The summed E-state index contributed by atoms with van der Waals surface area (Å²) in [5.41, 5.74) is 6.28. The Hall–Kier alpha value is -3.89. The third-order valence-corrected chi connectivity index (χ3v) is 9.84. The van der Waals surface area contributed by atoms with Gasteiger partial charge in [0.1, 0.15) is 22.5 Å². The average molecular weight is 641 g/mol. The van der Waals surface area contributed by atoms with Crippen molar-refractivity contribution < 1.29 is 14.3 Å². The first-order chi connectivity index (χ1) is 22.1. The Labute approximate surface area is 275 Å². The number of benzene rings is 1. The normalized spacial score (nSPS) is 16.9. The summed E-state index contributed by atoms with van der Waals surface area (Å²) in [6, 6.07) is 14.6. The van der Waals surface area contributed by atoms with Crippen molar-refractivity contribution >= 4 is 23.1 Å². The Kier molecular flexibility index (Phi) is 9.38. The van der Waals surface area contributed by atoms with Crippen molar-refractivity contribution in [3.05, 3.63) is 93.1 Å². The van der Waals surface area contributed by atoms with Gasteiger partial charge >= 0.3 is 6.09 Å². The molecule has 2 aliphatic rings. The van der Waals surface area contributed by atoms with E-state index in [4.69, 9.17) is 14.5 Å². The monoisotopic (exact) mass is 640 g/mol. The Morgan fingerprint density at radius 3 is 2.48 bits per heavy atom. The number of aromatic nitrogens is 4. The molecule has 1 atom stereocenters. The molecule has 3 aromatic heterocycles. The van der Waals surface area contributed by atoms with E-state index in [1.165, 1.54) is 16.0 Å². The van der Waals surface area contributed by atoms with Gasteiger partial charge in [0, 0.05) is 54.0 Å². The third kappa shape index (κ3) is 7.08. The number of amides is 1. The van der Waals surface area contributed by atoms with Gasteiger partial charge in [-0.3, -0.25) is 14.5 Å². The van der Waals surface area contributed by atoms with Crippen LogP contribution in [0.3, 0.4) is 0 Å². The van der Waals surface area contributed by atoms with E-state index < -0.39 is 5.60 Å². The first kappa shape index (κ1) is 32.1. The van der Waals surface area contributed by atoms with Crippen molar-refractivity contribution in [3.63, 3.8) is 0 Å². The van der Waals surface area contributed by atoms with E-state index in [1.807, 2.05) is 52.1 Å². The maximum atomic E-state index is 12.3. The van der Waals surface area contributed by atoms with Gasteiger partial charge in [-0.25, -0.2) is 4.79 Å². The zero-order valence-electron chi connectivity index (χ0n) is 27.7. The predicted octanol–water partition coefficient (Wildman–Crippen LogP) is 7.13. The van der Waals surface area contributed by atoms with Crippen molar-refractivity contribution in [1.82, 2.24) is 24.6 Å². The minimum atomic E-state index is -0.472. The van der Waals surface area contributed by atoms with Crippen molar-refractivity contribution in [1.29, 1.82) is 0 Å². The molecule has 242 valence electrons. The van der Waals surface area contributed by atoms with Crippen LogP contribution in [0.5, 0.6) is 0 Å². The largest absolute Gasteiger partial charge is 0.444 e. The van der Waals surface area contributed by atoms with Gasteiger partial charge in [0.05, 0.1) is 11.8 Å². The molecule has 9 nitrogen and oxygen atoms in total. The third-order valence-electron chi connectivity index (χ3n) is 8.65. The summed E-state index contributed by atoms with van der Waals surface area (Å²) in [7, 11) is 0. The zero-order valence-corrected chi connectivity index (χ0v) is 28.6. The number of ether oxygens (including phenoxy) is 2. The molecule has 0 bridgehead atoms. The number of fused-ring (bicyclic) bond motifs is 3. The highest BCUT2D eigenvalue weighted by molar-refractivity contribution is 7.15. The SMILES string of the molecule is Cc1sc2c(c1C)C(c1ccc(CCCOC3CCN(C(=O)OC(C)(C)C)CC3)cc1)=NC(Cc1ccccn1)c1nnc(C)n1-2. The maximum Gasteiger partial charge on any atom is 0.410 e. The van der Waals surface area contributed by atoms with E-state index in [0.717, 1.165) is 64.9 Å². The van der Waals surface area contributed by atoms with Gasteiger partial charge in [-0.15, -0.1) is 21.5 Å². The molecule has 6 rings (SSSR count). The highest BCUT2D eigenvalue weighted by Crippen LogP contribution is 2.39. The summed E-state index contributed by atoms with van der Waals surface area (Å²) < 4.78 is 13.9.